The van der Waals surface area contributed by atoms with Crippen LogP contribution in [0.4, 0.5) is 0 Å². The number of nitrogens with one attached hydrogen (secondary N) is 2. The molecule has 0 aliphatic carbocycles. The van der Waals surface area contributed by atoms with E-state index < -0.39 is 17.8 Å². The van der Waals surface area contributed by atoms with Crippen LogP contribution in [0.25, 0.3) is 0 Å². The average Bonchev–Trinajstić information content (AvgIpc) is 2.96. The summed E-state index contributed by atoms with van der Waals surface area (Å²) in [5.41, 5.74) is 0. The van der Waals surface area contributed by atoms with E-state index in [2.05, 4.69) is 22.5 Å². The summed E-state index contributed by atoms with van der Waals surface area (Å²) < 4.78 is 0. The summed E-state index contributed by atoms with van der Waals surface area (Å²) in [6.07, 6.45) is -0.0415. The summed E-state index contributed by atoms with van der Waals surface area (Å²) >= 11 is 0. The molecule has 4 amide bonds. The number of hydroxylamine groups is 2. The second kappa shape index (κ2) is 10.3. The monoisotopic (exact) mass is 420 g/mol. The second-order valence-electron chi connectivity index (χ2n) is 7.43. The Balaban J connectivity index is 1.60. The van der Waals surface area contributed by atoms with Crippen LogP contribution in [0.3, 0.4) is 0 Å². The first kappa shape index (κ1) is 22.8. The van der Waals surface area contributed by atoms with Crippen LogP contribution in [0.2, 0.25) is 0 Å². The van der Waals surface area contributed by atoms with Gasteiger partial charge in [-0.25, -0.2) is 4.79 Å². The van der Waals surface area contributed by atoms with E-state index in [0.29, 0.717) is 17.6 Å². The highest BCUT2D eigenvalue weighted by molar-refractivity contribution is 6.01. The van der Waals surface area contributed by atoms with E-state index in [1.54, 1.807) is 0 Å². The molecule has 0 saturated carbocycles. The van der Waals surface area contributed by atoms with E-state index in [1.165, 1.54) is 0 Å². The van der Waals surface area contributed by atoms with Gasteiger partial charge in [-0.1, -0.05) is 0 Å². The van der Waals surface area contributed by atoms with Gasteiger partial charge in [-0.05, 0) is 21.0 Å². The number of imide groups is 1. The predicted octanol–water partition coefficient (Wildman–Crippen LogP) is -1.76. The molecule has 0 spiro atoms. The number of carbonyl (C=O) groups is 5. The van der Waals surface area contributed by atoms with Crippen molar-refractivity contribution in [2.24, 2.45) is 0 Å². The highest BCUT2D eigenvalue weighted by Crippen LogP contribution is 2.13. The molecule has 2 aliphatic heterocycles. The van der Waals surface area contributed by atoms with Gasteiger partial charge in [0.25, 0.3) is 11.8 Å². The quantitative estimate of drug-likeness (QED) is 0.269. The number of amides is 4. The molecule has 162 valence electrons. The van der Waals surface area contributed by atoms with Gasteiger partial charge in [0.15, 0.2) is 0 Å². The number of nitrogens with zero attached hydrogens (tertiary/aromatic N) is 3. The molecule has 2 unspecified atom stereocenters. The maximum atomic E-state index is 12.3. The van der Waals surface area contributed by atoms with Crippen LogP contribution in [-0.4, -0.2) is 96.8 Å². The van der Waals surface area contributed by atoms with Crippen molar-refractivity contribution < 1.29 is 28.8 Å². The van der Waals surface area contributed by atoms with Crippen LogP contribution in [0.15, 0.2) is 0 Å². The summed E-state index contributed by atoms with van der Waals surface area (Å²) in [6.45, 7) is 3.72. The lowest BCUT2D eigenvalue weighted by Crippen LogP contribution is -2.59. The molecule has 2 aliphatic rings. The number of hydrogen-bond donors (Lipinski definition) is 2. The van der Waals surface area contributed by atoms with Crippen molar-refractivity contribution in [3.8, 4) is 0 Å². The van der Waals surface area contributed by atoms with Crippen molar-refractivity contribution in [2.75, 3.05) is 40.3 Å². The summed E-state index contributed by atoms with van der Waals surface area (Å²) in [5, 5.41) is 5.77. The largest absolute Gasteiger partial charge is 0.355 e. The van der Waals surface area contributed by atoms with Gasteiger partial charge in [-0.3, -0.25) is 24.1 Å². The topological polar surface area (TPSA) is 128 Å². The molecule has 2 rings (SSSR count). The van der Waals surface area contributed by atoms with Crippen LogP contribution in [0.5, 0.6) is 0 Å². The number of carbonyl (C=O) groups excluding carboxylic acids is 5. The van der Waals surface area contributed by atoms with Crippen LogP contribution in [0.1, 0.15) is 32.6 Å². The summed E-state index contributed by atoms with van der Waals surface area (Å²) in [7, 11) is 3.88. The van der Waals surface area contributed by atoms with Gasteiger partial charge in [0.1, 0.15) is 6.04 Å². The smallest absolute Gasteiger partial charge is 0.334 e. The first-order valence-corrected chi connectivity index (χ1v) is 9.70. The SMILES string of the molecule is CC1CN([13CH3])C(C(=O)[15NH]C[13CH2][13C](=O)[15NH][13CH2][13CH2][13C](=O)ON2C(=O)CCC2=O)CN1[13CH3]. The minimum absolute atomic E-state index is 0.00980. The maximum absolute atomic E-state index is 12.3. The van der Waals surface area contributed by atoms with Gasteiger partial charge in [-0.2, -0.15) is 0 Å². The lowest BCUT2D eigenvalue weighted by molar-refractivity contribution is -0.197. The molecule has 0 bridgehead atoms. The Labute approximate surface area is 169 Å². The van der Waals surface area contributed by atoms with Crippen LogP contribution in [0, 0.1) is 0 Å². The van der Waals surface area contributed by atoms with Crippen molar-refractivity contribution >= 4 is 29.6 Å². The number of rotatable bonds is 8. The molecule has 2 heterocycles. The molecule has 0 aromatic heterocycles. The normalized spacial score (nSPS) is 23.2. The Morgan fingerprint density at radius 1 is 0.966 bits per heavy atom. The minimum Gasteiger partial charge on any atom is -0.355 e. The van der Waals surface area contributed by atoms with Crippen molar-refractivity contribution in [2.45, 2.75) is 44.7 Å². The Kier molecular flexibility index (Phi) is 8.09. The zero-order valence-corrected chi connectivity index (χ0v) is 17.1. The van der Waals surface area contributed by atoms with Crippen molar-refractivity contribution in [3.63, 3.8) is 0 Å². The molecule has 0 aromatic rings. The third-order valence-electron chi connectivity index (χ3n) is 5.10. The lowest BCUT2D eigenvalue weighted by atomic mass is 10.1. The third kappa shape index (κ3) is 6.50. The molecule has 2 fully saturated rings. The molecule has 0 aromatic carbocycles. The fourth-order valence-electron chi connectivity index (χ4n) is 3.17. The first-order valence-electron chi connectivity index (χ1n) is 9.70. The van der Waals surface area contributed by atoms with Crippen molar-refractivity contribution in [1.29, 1.82) is 0 Å². The van der Waals surface area contributed by atoms with Gasteiger partial charge < -0.3 is 20.4 Å². The molecular formula is C18H29N5O6. The van der Waals surface area contributed by atoms with Gasteiger partial charge in [-0.15, -0.1) is 5.06 Å². The number of piperazine rings is 1. The minimum atomic E-state index is -0.777. The van der Waals surface area contributed by atoms with E-state index in [1.807, 2.05) is 19.0 Å². The van der Waals surface area contributed by atoms with Gasteiger partial charge in [0, 0.05) is 51.5 Å². The maximum Gasteiger partial charge on any atom is 0.334 e. The van der Waals surface area contributed by atoms with E-state index >= 15 is 0 Å². The average molecular weight is 420 g/mol. The summed E-state index contributed by atoms with van der Waals surface area (Å²) in [4.78, 5) is 67.4. The zero-order chi connectivity index (χ0) is 21.6. The van der Waals surface area contributed by atoms with Gasteiger partial charge in [0.05, 0.1) is 6.42 Å². The van der Waals surface area contributed by atoms with E-state index in [0.717, 1.165) is 6.54 Å². The molecular weight excluding hydrogens is 391 g/mol. The number of hydrogen-bond acceptors (Lipinski definition) is 8. The fraction of sp³-hybridized carbons (Fsp3) is 0.722. The lowest BCUT2D eigenvalue weighted by Gasteiger charge is -2.41. The fourth-order valence-corrected chi connectivity index (χ4v) is 3.17. The first-order chi connectivity index (χ1) is 13.7. The third-order valence-corrected chi connectivity index (χ3v) is 5.10. The molecule has 0 radical (unpaired) electrons. The summed E-state index contributed by atoms with van der Waals surface area (Å²) in [6, 6.07) is 0.119. The Bertz CT molecular complexity index is 653. The molecule has 2 saturated heterocycles. The van der Waals surface area contributed by atoms with Crippen molar-refractivity contribution in [3.05, 3.63) is 0 Å². The highest BCUT2D eigenvalue weighted by Gasteiger charge is 2.33. The zero-order valence-electron chi connectivity index (χ0n) is 17.1. The second-order valence-corrected chi connectivity index (χ2v) is 7.43. The van der Waals surface area contributed by atoms with Crippen LogP contribution in [-0.2, 0) is 28.8 Å². The van der Waals surface area contributed by atoms with Gasteiger partial charge in [0.2, 0.25) is 11.8 Å². The van der Waals surface area contributed by atoms with Crippen LogP contribution < -0.4 is 10.6 Å². The van der Waals surface area contributed by atoms with E-state index in [4.69, 9.17) is 4.84 Å². The predicted molar refractivity (Wildman–Crippen MR) is 101 cm³/mol. The number of likely N-dealkylation sites (N-methyl/N-ethyl adjacent to an activating group) is 2. The van der Waals surface area contributed by atoms with E-state index in [-0.39, 0.29) is 56.6 Å². The van der Waals surface area contributed by atoms with E-state index in [9.17, 15) is 24.0 Å². The van der Waals surface area contributed by atoms with Crippen LogP contribution >= 0.6 is 0 Å². The molecule has 29 heavy (non-hydrogen) atoms. The molecule has 2 N–H and O–H groups in total. The molecule has 2 atom stereocenters. The highest BCUT2D eigenvalue weighted by atomic mass is 16.8. The van der Waals surface area contributed by atoms with Gasteiger partial charge >= 0.3 is 5.97 Å². The Morgan fingerprint density at radius 3 is 2.24 bits per heavy atom. The Morgan fingerprint density at radius 2 is 1.59 bits per heavy atom. The molecule has 11 nitrogen and oxygen atoms in total. The molecule has 11 heteroatoms. The standard InChI is InChI=1S/C18H29N5O6/c1-12-10-22(3)13(11-21(12)2)18(28)20-8-6-14(24)19-9-7-17(27)29-23-15(25)4-5-16(23)26/h12-13H,4-11H2,1-3H3,(H,19,24)(H,20,28)/i2+1,3+1,6+1,7+1,9+1,14+1,17+1,19+1,20+1. The van der Waals surface area contributed by atoms with Crippen molar-refractivity contribution in [1.82, 2.24) is 25.5 Å². The Hall–Kier alpha value is -2.53. The summed E-state index contributed by atoms with van der Waals surface area (Å²) in [5.74, 6) is -2.32.